The Balaban J connectivity index is 2.35. The van der Waals surface area contributed by atoms with E-state index < -0.39 is 0 Å². The van der Waals surface area contributed by atoms with Crippen LogP contribution < -0.4 is 5.32 Å². The molecule has 0 fully saturated rings. The van der Waals surface area contributed by atoms with Crippen molar-refractivity contribution in [3.8, 4) is 0 Å². The molecule has 1 aromatic rings. The minimum Gasteiger partial charge on any atom is -0.468 e. The van der Waals surface area contributed by atoms with Crippen molar-refractivity contribution in [2.75, 3.05) is 26.7 Å². The van der Waals surface area contributed by atoms with E-state index in [0.717, 1.165) is 6.42 Å². The molecule has 0 saturated carbocycles. The van der Waals surface area contributed by atoms with Crippen LogP contribution in [0.4, 0.5) is 0 Å². The first kappa shape index (κ1) is 15.2. The third kappa shape index (κ3) is 6.05. The van der Waals surface area contributed by atoms with E-state index in [1.54, 1.807) is 23.3 Å². The van der Waals surface area contributed by atoms with Crippen molar-refractivity contribution >= 4 is 11.9 Å². The Hall–Kier alpha value is -1.82. The standard InChI is InChI=1S/C13H20N2O4/c1-3-6-15(10-13(17)18-2)9-12(16)14-8-11-5-4-7-19-11/h4-5,7H,3,6,8-10H2,1-2H3,(H,14,16). The zero-order valence-electron chi connectivity index (χ0n) is 11.3. The van der Waals surface area contributed by atoms with E-state index in [4.69, 9.17) is 4.42 Å². The molecule has 0 saturated heterocycles. The van der Waals surface area contributed by atoms with Crippen LogP contribution in [0.1, 0.15) is 19.1 Å². The van der Waals surface area contributed by atoms with Gasteiger partial charge in [-0.15, -0.1) is 0 Å². The van der Waals surface area contributed by atoms with E-state index in [1.165, 1.54) is 7.11 Å². The number of carbonyl (C=O) groups excluding carboxylic acids is 2. The van der Waals surface area contributed by atoms with Crippen LogP contribution in [0.25, 0.3) is 0 Å². The number of hydrogen-bond donors (Lipinski definition) is 1. The number of carbonyl (C=O) groups is 2. The molecule has 1 heterocycles. The smallest absolute Gasteiger partial charge is 0.319 e. The van der Waals surface area contributed by atoms with Gasteiger partial charge < -0.3 is 14.5 Å². The Labute approximate surface area is 112 Å². The van der Waals surface area contributed by atoms with Crippen molar-refractivity contribution in [1.29, 1.82) is 0 Å². The molecule has 6 heteroatoms. The number of rotatable bonds is 8. The largest absolute Gasteiger partial charge is 0.468 e. The number of esters is 1. The third-order valence-corrected chi connectivity index (χ3v) is 2.53. The maximum absolute atomic E-state index is 11.7. The Kier molecular flexibility index (Phi) is 6.67. The molecular formula is C13H20N2O4. The monoisotopic (exact) mass is 268 g/mol. The van der Waals surface area contributed by atoms with Gasteiger partial charge in [0.2, 0.25) is 5.91 Å². The number of nitrogens with zero attached hydrogens (tertiary/aromatic N) is 1. The third-order valence-electron chi connectivity index (χ3n) is 2.53. The molecule has 0 aliphatic rings. The van der Waals surface area contributed by atoms with Gasteiger partial charge in [-0.05, 0) is 25.1 Å². The normalized spacial score (nSPS) is 10.5. The van der Waals surface area contributed by atoms with E-state index in [9.17, 15) is 9.59 Å². The predicted molar refractivity (Wildman–Crippen MR) is 69.3 cm³/mol. The molecule has 0 radical (unpaired) electrons. The van der Waals surface area contributed by atoms with Gasteiger partial charge in [-0.1, -0.05) is 6.92 Å². The van der Waals surface area contributed by atoms with Crippen LogP contribution in [0.2, 0.25) is 0 Å². The summed E-state index contributed by atoms with van der Waals surface area (Å²) in [7, 11) is 1.34. The molecular weight excluding hydrogens is 248 g/mol. The zero-order valence-corrected chi connectivity index (χ0v) is 11.3. The molecule has 1 aromatic heterocycles. The molecule has 0 atom stereocenters. The summed E-state index contributed by atoms with van der Waals surface area (Å²) in [4.78, 5) is 24.7. The van der Waals surface area contributed by atoms with Gasteiger partial charge in [-0.3, -0.25) is 14.5 Å². The number of amides is 1. The summed E-state index contributed by atoms with van der Waals surface area (Å²) < 4.78 is 9.72. The van der Waals surface area contributed by atoms with Crippen molar-refractivity contribution in [2.45, 2.75) is 19.9 Å². The summed E-state index contributed by atoms with van der Waals surface area (Å²) in [5.41, 5.74) is 0. The molecule has 19 heavy (non-hydrogen) atoms. The highest BCUT2D eigenvalue weighted by Crippen LogP contribution is 1.99. The van der Waals surface area contributed by atoms with Crippen molar-refractivity contribution in [3.63, 3.8) is 0 Å². The first-order valence-corrected chi connectivity index (χ1v) is 6.24. The molecule has 0 aromatic carbocycles. The van der Waals surface area contributed by atoms with Gasteiger partial charge in [-0.2, -0.15) is 0 Å². The van der Waals surface area contributed by atoms with Crippen LogP contribution in [0.15, 0.2) is 22.8 Å². The van der Waals surface area contributed by atoms with Crippen LogP contribution in [-0.2, 0) is 20.9 Å². The predicted octanol–water partition coefficient (Wildman–Crippen LogP) is 0.781. The van der Waals surface area contributed by atoms with E-state index in [1.807, 2.05) is 6.92 Å². The fraction of sp³-hybridized carbons (Fsp3) is 0.538. The van der Waals surface area contributed by atoms with Crippen LogP contribution in [0.5, 0.6) is 0 Å². The molecule has 1 rings (SSSR count). The number of nitrogens with one attached hydrogen (secondary N) is 1. The Morgan fingerprint density at radius 1 is 1.42 bits per heavy atom. The highest BCUT2D eigenvalue weighted by atomic mass is 16.5. The maximum atomic E-state index is 11.7. The summed E-state index contributed by atoms with van der Waals surface area (Å²) in [6, 6.07) is 3.56. The number of hydrogen-bond acceptors (Lipinski definition) is 5. The van der Waals surface area contributed by atoms with Gasteiger partial charge in [0.1, 0.15) is 5.76 Å². The fourth-order valence-corrected chi connectivity index (χ4v) is 1.64. The van der Waals surface area contributed by atoms with E-state index in [0.29, 0.717) is 18.8 Å². The van der Waals surface area contributed by atoms with E-state index in [-0.39, 0.29) is 25.0 Å². The molecule has 0 aliphatic carbocycles. The van der Waals surface area contributed by atoms with E-state index >= 15 is 0 Å². The lowest BCUT2D eigenvalue weighted by atomic mass is 10.3. The molecule has 106 valence electrons. The van der Waals surface area contributed by atoms with Crippen LogP contribution in [-0.4, -0.2) is 43.5 Å². The molecule has 6 nitrogen and oxygen atoms in total. The van der Waals surface area contributed by atoms with Crippen molar-refractivity contribution in [1.82, 2.24) is 10.2 Å². The van der Waals surface area contributed by atoms with Gasteiger partial charge in [0.25, 0.3) is 0 Å². The van der Waals surface area contributed by atoms with Gasteiger partial charge in [0.15, 0.2) is 0 Å². The van der Waals surface area contributed by atoms with Crippen LogP contribution >= 0.6 is 0 Å². The second-order valence-electron chi connectivity index (χ2n) is 4.14. The van der Waals surface area contributed by atoms with Crippen molar-refractivity contribution in [3.05, 3.63) is 24.2 Å². The van der Waals surface area contributed by atoms with Gasteiger partial charge in [0.05, 0.1) is 33.0 Å². The number of furan rings is 1. The summed E-state index contributed by atoms with van der Waals surface area (Å²) >= 11 is 0. The average molecular weight is 268 g/mol. The molecule has 0 aliphatic heterocycles. The van der Waals surface area contributed by atoms with Crippen LogP contribution in [0, 0.1) is 0 Å². The first-order valence-electron chi connectivity index (χ1n) is 6.24. The summed E-state index contributed by atoms with van der Waals surface area (Å²) in [5.74, 6) is 0.212. The molecule has 0 spiro atoms. The highest BCUT2D eigenvalue weighted by Gasteiger charge is 2.14. The quantitative estimate of drug-likeness (QED) is 0.705. The molecule has 0 bridgehead atoms. The Morgan fingerprint density at radius 2 is 2.21 bits per heavy atom. The molecule has 1 amide bonds. The highest BCUT2D eigenvalue weighted by molar-refractivity contribution is 5.79. The van der Waals surface area contributed by atoms with Crippen molar-refractivity contribution < 1.29 is 18.7 Å². The first-order chi connectivity index (χ1) is 9.15. The topological polar surface area (TPSA) is 71.8 Å². The number of ether oxygens (including phenoxy) is 1. The Morgan fingerprint density at radius 3 is 2.79 bits per heavy atom. The van der Waals surface area contributed by atoms with Gasteiger partial charge in [-0.25, -0.2) is 0 Å². The Bertz CT molecular complexity index is 389. The lowest BCUT2D eigenvalue weighted by Gasteiger charge is -2.19. The lowest BCUT2D eigenvalue weighted by molar-refractivity contribution is -0.142. The zero-order chi connectivity index (χ0) is 14.1. The molecule has 1 N–H and O–H groups in total. The van der Waals surface area contributed by atoms with Crippen molar-refractivity contribution in [2.24, 2.45) is 0 Å². The minimum atomic E-state index is -0.340. The van der Waals surface area contributed by atoms with Crippen LogP contribution in [0.3, 0.4) is 0 Å². The van der Waals surface area contributed by atoms with E-state index in [2.05, 4.69) is 10.1 Å². The molecule has 0 unspecified atom stereocenters. The number of methoxy groups -OCH3 is 1. The van der Waals surface area contributed by atoms with Gasteiger partial charge >= 0.3 is 5.97 Å². The second kappa shape index (κ2) is 8.31. The summed E-state index contributed by atoms with van der Waals surface area (Å²) in [6.07, 6.45) is 2.42. The summed E-state index contributed by atoms with van der Waals surface area (Å²) in [6.45, 7) is 3.31. The maximum Gasteiger partial charge on any atom is 0.319 e. The minimum absolute atomic E-state index is 0.124. The summed E-state index contributed by atoms with van der Waals surface area (Å²) in [5, 5.41) is 2.74. The average Bonchev–Trinajstić information content (AvgIpc) is 2.89. The SMILES string of the molecule is CCCN(CC(=O)NCc1ccco1)CC(=O)OC. The second-order valence-corrected chi connectivity index (χ2v) is 4.14. The van der Waals surface area contributed by atoms with Gasteiger partial charge in [0, 0.05) is 0 Å². The lowest BCUT2D eigenvalue weighted by Crippen LogP contribution is -2.40. The fourth-order valence-electron chi connectivity index (χ4n) is 1.64.